The van der Waals surface area contributed by atoms with Crippen LogP contribution in [0.2, 0.25) is 5.02 Å². The fourth-order valence-electron chi connectivity index (χ4n) is 2.62. The molecule has 3 rings (SSSR count). The second kappa shape index (κ2) is 7.58. The molecule has 146 valence electrons. The molecule has 0 aliphatic heterocycles. The topological polar surface area (TPSA) is 77.5 Å². The molecule has 0 bridgehead atoms. The Morgan fingerprint density at radius 2 is 1.50 bits per heavy atom. The first kappa shape index (κ1) is 20.4. The van der Waals surface area contributed by atoms with Crippen molar-refractivity contribution in [2.75, 3.05) is 6.26 Å². The third-order valence-electron chi connectivity index (χ3n) is 4.10. The van der Waals surface area contributed by atoms with E-state index in [4.69, 9.17) is 15.8 Å². The molecule has 0 heterocycles. The van der Waals surface area contributed by atoms with Gasteiger partial charge in [-0.05, 0) is 47.9 Å². The van der Waals surface area contributed by atoms with E-state index in [0.29, 0.717) is 5.56 Å². The third-order valence-corrected chi connectivity index (χ3v) is 6.88. The molecule has 8 heteroatoms. The van der Waals surface area contributed by atoms with Crippen LogP contribution in [0.5, 0.6) is 5.75 Å². The van der Waals surface area contributed by atoms with E-state index < -0.39 is 20.0 Å². The lowest BCUT2D eigenvalue weighted by molar-refractivity contribution is 0.485. The number of aryl methyl sites for hydroxylation is 1. The molecule has 0 aromatic heterocycles. The van der Waals surface area contributed by atoms with Gasteiger partial charge >= 0.3 is 10.1 Å². The average Bonchev–Trinajstić information content (AvgIpc) is 2.63. The van der Waals surface area contributed by atoms with Gasteiger partial charge in [-0.15, -0.1) is 0 Å². The van der Waals surface area contributed by atoms with Crippen LogP contribution in [0, 0.1) is 6.92 Å². The minimum atomic E-state index is -4.28. The normalized spacial score (nSPS) is 12.0. The minimum absolute atomic E-state index is 0.0366. The third kappa shape index (κ3) is 4.38. The minimum Gasteiger partial charge on any atom is -0.377 e. The van der Waals surface area contributed by atoms with Crippen LogP contribution >= 0.6 is 11.6 Å². The lowest BCUT2D eigenvalue weighted by atomic mass is 10.1. The van der Waals surface area contributed by atoms with Crippen molar-refractivity contribution in [2.24, 2.45) is 0 Å². The van der Waals surface area contributed by atoms with Crippen molar-refractivity contribution >= 4 is 31.6 Å². The Balaban J connectivity index is 1.97. The smallest absolute Gasteiger partial charge is 0.339 e. The van der Waals surface area contributed by atoms with Crippen molar-refractivity contribution in [3.63, 3.8) is 0 Å². The molecule has 0 atom stereocenters. The molecule has 0 fully saturated rings. The van der Waals surface area contributed by atoms with Crippen molar-refractivity contribution < 1.29 is 21.0 Å². The summed E-state index contributed by atoms with van der Waals surface area (Å²) in [6, 6.07) is 18.1. The number of halogens is 1. The van der Waals surface area contributed by atoms with Crippen molar-refractivity contribution in [3.05, 3.63) is 77.3 Å². The summed E-state index contributed by atoms with van der Waals surface area (Å²) in [4.78, 5) is -0.329. The Morgan fingerprint density at radius 3 is 2.11 bits per heavy atom. The van der Waals surface area contributed by atoms with Gasteiger partial charge in [0.05, 0.1) is 9.92 Å². The fraction of sp³-hybridized carbons (Fsp3) is 0.100. The Morgan fingerprint density at radius 1 is 0.821 bits per heavy atom. The maximum atomic E-state index is 12.7. The van der Waals surface area contributed by atoms with Gasteiger partial charge in [-0.1, -0.05) is 54.1 Å². The number of sulfone groups is 1. The fourth-order valence-corrected chi connectivity index (χ4v) is 4.81. The summed E-state index contributed by atoms with van der Waals surface area (Å²) in [5, 5.41) is 0.127. The Hall–Kier alpha value is -2.35. The summed E-state index contributed by atoms with van der Waals surface area (Å²) in [7, 11) is -7.84. The molecule has 0 aliphatic carbocycles. The molecule has 0 aliphatic rings. The van der Waals surface area contributed by atoms with E-state index in [0.717, 1.165) is 23.4 Å². The Bertz CT molecular complexity index is 1230. The van der Waals surface area contributed by atoms with Crippen LogP contribution in [0.3, 0.4) is 0 Å². The van der Waals surface area contributed by atoms with Gasteiger partial charge in [0.15, 0.2) is 15.6 Å². The van der Waals surface area contributed by atoms with Crippen LogP contribution in [0.1, 0.15) is 5.56 Å². The van der Waals surface area contributed by atoms with E-state index in [1.165, 1.54) is 18.2 Å². The zero-order chi connectivity index (χ0) is 20.5. The Labute approximate surface area is 169 Å². The van der Waals surface area contributed by atoms with Crippen molar-refractivity contribution in [3.8, 4) is 16.9 Å². The highest BCUT2D eigenvalue weighted by Crippen LogP contribution is 2.33. The largest absolute Gasteiger partial charge is 0.377 e. The van der Waals surface area contributed by atoms with E-state index in [1.54, 1.807) is 19.1 Å². The predicted octanol–water partition coefficient (Wildman–Crippen LogP) is 4.49. The second-order valence-corrected chi connectivity index (χ2v) is 10.2. The summed E-state index contributed by atoms with van der Waals surface area (Å²) in [5.74, 6) is -0.0366. The van der Waals surface area contributed by atoms with E-state index in [9.17, 15) is 16.8 Å². The van der Waals surface area contributed by atoms with E-state index in [-0.39, 0.29) is 20.6 Å². The highest BCUT2D eigenvalue weighted by Gasteiger charge is 2.23. The number of hydrogen-bond acceptors (Lipinski definition) is 5. The summed E-state index contributed by atoms with van der Waals surface area (Å²) in [6.45, 7) is 1.56. The highest BCUT2D eigenvalue weighted by atomic mass is 35.5. The van der Waals surface area contributed by atoms with Gasteiger partial charge in [-0.25, -0.2) is 8.42 Å². The zero-order valence-electron chi connectivity index (χ0n) is 15.1. The van der Waals surface area contributed by atoms with Crippen LogP contribution in [-0.4, -0.2) is 23.1 Å². The molecule has 0 spiro atoms. The quantitative estimate of drug-likeness (QED) is 0.551. The molecule has 0 saturated heterocycles. The molecule has 0 unspecified atom stereocenters. The lowest BCUT2D eigenvalue weighted by Gasteiger charge is -2.12. The molecule has 0 amide bonds. The van der Waals surface area contributed by atoms with Gasteiger partial charge in [0.25, 0.3) is 0 Å². The van der Waals surface area contributed by atoms with Crippen LogP contribution in [0.4, 0.5) is 0 Å². The zero-order valence-corrected chi connectivity index (χ0v) is 17.5. The number of hydrogen-bond donors (Lipinski definition) is 0. The van der Waals surface area contributed by atoms with Gasteiger partial charge in [0, 0.05) is 6.26 Å². The molecular formula is C20H17ClO5S2. The van der Waals surface area contributed by atoms with Gasteiger partial charge in [-0.3, -0.25) is 0 Å². The highest BCUT2D eigenvalue weighted by molar-refractivity contribution is 7.90. The van der Waals surface area contributed by atoms with Crippen molar-refractivity contribution in [2.45, 2.75) is 16.7 Å². The van der Waals surface area contributed by atoms with Gasteiger partial charge < -0.3 is 4.18 Å². The van der Waals surface area contributed by atoms with Crippen molar-refractivity contribution in [1.82, 2.24) is 0 Å². The molecule has 28 heavy (non-hydrogen) atoms. The molecule has 0 radical (unpaired) electrons. The first-order valence-corrected chi connectivity index (χ1v) is 11.9. The monoisotopic (exact) mass is 436 g/mol. The summed E-state index contributed by atoms with van der Waals surface area (Å²) in [6.07, 6.45) is 1.01. The summed E-state index contributed by atoms with van der Waals surface area (Å²) in [5.41, 5.74) is 2.10. The molecule has 3 aromatic rings. The summed E-state index contributed by atoms with van der Waals surface area (Å²) < 4.78 is 54.2. The maximum absolute atomic E-state index is 12.7. The molecule has 3 aromatic carbocycles. The van der Waals surface area contributed by atoms with Crippen LogP contribution in [-0.2, 0) is 20.0 Å². The van der Waals surface area contributed by atoms with Gasteiger partial charge in [0.2, 0.25) is 0 Å². The van der Waals surface area contributed by atoms with Gasteiger partial charge in [-0.2, -0.15) is 8.42 Å². The van der Waals surface area contributed by atoms with Crippen LogP contribution in [0.25, 0.3) is 11.1 Å². The van der Waals surface area contributed by atoms with Crippen LogP contribution < -0.4 is 4.18 Å². The predicted molar refractivity (Wildman–Crippen MR) is 109 cm³/mol. The van der Waals surface area contributed by atoms with Crippen LogP contribution in [0.15, 0.2) is 76.5 Å². The second-order valence-electron chi connectivity index (χ2n) is 6.25. The summed E-state index contributed by atoms with van der Waals surface area (Å²) >= 11 is 6.23. The molecule has 5 nitrogen and oxygen atoms in total. The van der Waals surface area contributed by atoms with E-state index in [1.807, 2.05) is 30.3 Å². The van der Waals surface area contributed by atoms with E-state index in [2.05, 4.69) is 0 Å². The first-order chi connectivity index (χ1) is 13.1. The molecular weight excluding hydrogens is 420 g/mol. The Kier molecular flexibility index (Phi) is 5.52. The standard InChI is InChI=1S/C20H17ClO5S2/c1-14-8-10-17(27(2,22)23)13-20(14)28(24,25)26-19-11-9-16(12-18(19)21)15-6-4-3-5-7-15/h3-13H,1-2H3. The van der Waals surface area contributed by atoms with Crippen molar-refractivity contribution in [1.29, 1.82) is 0 Å². The molecule has 0 N–H and O–H groups in total. The average molecular weight is 437 g/mol. The number of rotatable bonds is 5. The van der Waals surface area contributed by atoms with E-state index >= 15 is 0 Å². The molecule has 0 saturated carbocycles. The maximum Gasteiger partial charge on any atom is 0.339 e. The van der Waals surface area contributed by atoms with Gasteiger partial charge in [0.1, 0.15) is 4.90 Å². The lowest BCUT2D eigenvalue weighted by Crippen LogP contribution is -2.12. The number of benzene rings is 3. The first-order valence-electron chi connectivity index (χ1n) is 8.18. The SMILES string of the molecule is Cc1ccc(S(C)(=O)=O)cc1S(=O)(=O)Oc1ccc(-c2ccccc2)cc1Cl.